The fourth-order valence-electron chi connectivity index (χ4n) is 2.18. The number of hydrogen-bond donors (Lipinski definition) is 0. The van der Waals surface area contributed by atoms with Crippen LogP contribution in [0.3, 0.4) is 0 Å². The summed E-state index contributed by atoms with van der Waals surface area (Å²) >= 11 is 0. The summed E-state index contributed by atoms with van der Waals surface area (Å²) < 4.78 is 0. The Bertz CT molecular complexity index is 332. The summed E-state index contributed by atoms with van der Waals surface area (Å²) in [5, 5.41) is 0. The van der Waals surface area contributed by atoms with E-state index in [2.05, 4.69) is 50.3 Å². The molecule has 0 saturated carbocycles. The first-order valence-electron chi connectivity index (χ1n) is 5.43. The predicted molar refractivity (Wildman–Crippen MR) is 61.5 cm³/mol. The highest BCUT2D eigenvalue weighted by atomic mass is 14.3. The Balaban J connectivity index is 2.29. The third-order valence-electron chi connectivity index (χ3n) is 3.35. The van der Waals surface area contributed by atoms with Crippen LogP contribution in [0.1, 0.15) is 37.3 Å². The molecule has 0 bridgehead atoms. The smallest absolute Gasteiger partial charge is 0.00379 e. The Morgan fingerprint density at radius 3 is 2.36 bits per heavy atom. The van der Waals surface area contributed by atoms with E-state index in [-0.39, 0.29) is 0 Å². The average molecular weight is 186 g/mol. The van der Waals surface area contributed by atoms with E-state index in [4.69, 9.17) is 0 Å². The first-order chi connectivity index (χ1) is 6.71. The van der Waals surface area contributed by atoms with Gasteiger partial charge >= 0.3 is 0 Å². The molecular weight excluding hydrogens is 168 g/mol. The molecule has 1 aliphatic rings. The van der Waals surface area contributed by atoms with Gasteiger partial charge in [0.25, 0.3) is 0 Å². The highest BCUT2D eigenvalue weighted by Crippen LogP contribution is 2.35. The Hall–Kier alpha value is -1.04. The van der Waals surface area contributed by atoms with Crippen molar-refractivity contribution in [2.75, 3.05) is 0 Å². The second kappa shape index (κ2) is 3.61. The standard InChI is InChI=1S/C14H18/c1-12-6-8-13(9-7-12)14(2)10-4-3-5-11-14/h3-4,6-9H,5,10-11H2,1-2H3/t14-/m0/s1. The zero-order chi connectivity index (χ0) is 10.0. The van der Waals surface area contributed by atoms with Gasteiger partial charge in [-0.05, 0) is 37.2 Å². The molecule has 0 heterocycles. The van der Waals surface area contributed by atoms with E-state index in [1.807, 2.05) is 0 Å². The highest BCUT2D eigenvalue weighted by Gasteiger charge is 2.25. The van der Waals surface area contributed by atoms with Crippen molar-refractivity contribution in [3.63, 3.8) is 0 Å². The van der Waals surface area contributed by atoms with Crippen molar-refractivity contribution < 1.29 is 0 Å². The van der Waals surface area contributed by atoms with E-state index in [1.165, 1.54) is 30.4 Å². The van der Waals surface area contributed by atoms with Crippen LogP contribution in [0.5, 0.6) is 0 Å². The van der Waals surface area contributed by atoms with Crippen LogP contribution in [-0.4, -0.2) is 0 Å². The van der Waals surface area contributed by atoms with Crippen LogP contribution in [0.2, 0.25) is 0 Å². The Kier molecular flexibility index (Phi) is 2.45. The fourth-order valence-corrected chi connectivity index (χ4v) is 2.18. The van der Waals surface area contributed by atoms with Gasteiger partial charge in [0.15, 0.2) is 0 Å². The molecule has 2 rings (SSSR count). The van der Waals surface area contributed by atoms with E-state index in [0.29, 0.717) is 5.41 Å². The number of hydrogen-bond acceptors (Lipinski definition) is 0. The molecule has 0 aromatic heterocycles. The minimum atomic E-state index is 0.377. The van der Waals surface area contributed by atoms with Gasteiger partial charge < -0.3 is 0 Å². The number of benzene rings is 1. The van der Waals surface area contributed by atoms with E-state index in [0.717, 1.165) is 0 Å². The van der Waals surface area contributed by atoms with Gasteiger partial charge in [-0.3, -0.25) is 0 Å². The van der Waals surface area contributed by atoms with Crippen molar-refractivity contribution in [3.8, 4) is 0 Å². The van der Waals surface area contributed by atoms with Crippen molar-refractivity contribution in [1.29, 1.82) is 0 Å². The van der Waals surface area contributed by atoms with Crippen LogP contribution in [0.4, 0.5) is 0 Å². The number of rotatable bonds is 1. The first-order valence-corrected chi connectivity index (χ1v) is 5.43. The Morgan fingerprint density at radius 2 is 1.79 bits per heavy atom. The fraction of sp³-hybridized carbons (Fsp3) is 0.429. The van der Waals surface area contributed by atoms with Gasteiger partial charge in [-0.25, -0.2) is 0 Å². The summed E-state index contributed by atoms with van der Waals surface area (Å²) in [7, 11) is 0. The van der Waals surface area contributed by atoms with Crippen molar-refractivity contribution in [3.05, 3.63) is 47.5 Å². The summed E-state index contributed by atoms with van der Waals surface area (Å²) in [5.41, 5.74) is 3.22. The van der Waals surface area contributed by atoms with Crippen LogP contribution >= 0.6 is 0 Å². The monoisotopic (exact) mass is 186 g/mol. The summed E-state index contributed by atoms with van der Waals surface area (Å²) in [4.78, 5) is 0. The van der Waals surface area contributed by atoms with Gasteiger partial charge in [0.05, 0.1) is 0 Å². The molecule has 0 heteroatoms. The molecule has 1 atom stereocenters. The summed E-state index contributed by atoms with van der Waals surface area (Å²) in [6.07, 6.45) is 8.33. The highest BCUT2D eigenvalue weighted by molar-refractivity contribution is 5.29. The van der Waals surface area contributed by atoms with Crippen LogP contribution in [-0.2, 0) is 5.41 Å². The quantitative estimate of drug-likeness (QED) is 0.582. The molecule has 0 spiro atoms. The van der Waals surface area contributed by atoms with Gasteiger partial charge in [-0.1, -0.05) is 48.9 Å². The topological polar surface area (TPSA) is 0 Å². The molecule has 1 aliphatic carbocycles. The zero-order valence-corrected chi connectivity index (χ0v) is 9.09. The van der Waals surface area contributed by atoms with E-state index in [1.54, 1.807) is 0 Å². The lowest BCUT2D eigenvalue weighted by molar-refractivity contribution is 0.428. The SMILES string of the molecule is Cc1ccc([C@@]2(C)CC=CCC2)cc1. The van der Waals surface area contributed by atoms with Gasteiger partial charge in [0.2, 0.25) is 0 Å². The Morgan fingerprint density at radius 1 is 1.07 bits per heavy atom. The third kappa shape index (κ3) is 1.75. The van der Waals surface area contributed by atoms with E-state index in [9.17, 15) is 0 Å². The minimum Gasteiger partial charge on any atom is -0.0885 e. The molecule has 0 amide bonds. The molecule has 74 valence electrons. The van der Waals surface area contributed by atoms with Gasteiger partial charge in [-0.15, -0.1) is 0 Å². The lowest BCUT2D eigenvalue weighted by Crippen LogP contribution is -2.22. The summed E-state index contributed by atoms with van der Waals surface area (Å²) in [6.45, 7) is 4.52. The lowest BCUT2D eigenvalue weighted by Gasteiger charge is -2.31. The lowest BCUT2D eigenvalue weighted by atomic mass is 9.73. The first kappa shape index (κ1) is 9.51. The maximum absolute atomic E-state index is 2.38. The number of aryl methyl sites for hydroxylation is 1. The molecule has 0 N–H and O–H groups in total. The van der Waals surface area contributed by atoms with E-state index >= 15 is 0 Å². The Labute approximate surface area is 86.7 Å². The summed E-state index contributed by atoms with van der Waals surface area (Å²) in [6, 6.07) is 9.01. The second-order valence-electron chi connectivity index (χ2n) is 4.64. The molecule has 0 saturated heterocycles. The minimum absolute atomic E-state index is 0.377. The zero-order valence-electron chi connectivity index (χ0n) is 9.09. The molecule has 0 unspecified atom stereocenters. The largest absolute Gasteiger partial charge is 0.0885 e. The van der Waals surface area contributed by atoms with E-state index < -0.39 is 0 Å². The van der Waals surface area contributed by atoms with Crippen LogP contribution in [0, 0.1) is 6.92 Å². The van der Waals surface area contributed by atoms with Crippen molar-refractivity contribution in [1.82, 2.24) is 0 Å². The van der Waals surface area contributed by atoms with Gasteiger partial charge in [0, 0.05) is 0 Å². The normalized spacial score (nSPS) is 26.4. The molecule has 0 nitrogen and oxygen atoms in total. The maximum atomic E-state index is 2.38. The van der Waals surface area contributed by atoms with Crippen molar-refractivity contribution >= 4 is 0 Å². The second-order valence-corrected chi connectivity index (χ2v) is 4.64. The molecule has 1 aromatic carbocycles. The summed E-state index contributed by atoms with van der Waals surface area (Å²) in [5.74, 6) is 0. The third-order valence-corrected chi connectivity index (χ3v) is 3.35. The molecule has 0 aliphatic heterocycles. The van der Waals surface area contributed by atoms with Crippen molar-refractivity contribution in [2.45, 2.75) is 38.5 Å². The molecule has 0 radical (unpaired) electrons. The van der Waals surface area contributed by atoms with Crippen molar-refractivity contribution in [2.24, 2.45) is 0 Å². The van der Waals surface area contributed by atoms with Gasteiger partial charge in [-0.2, -0.15) is 0 Å². The molecule has 0 fully saturated rings. The number of allylic oxidation sites excluding steroid dienone is 2. The van der Waals surface area contributed by atoms with Crippen LogP contribution < -0.4 is 0 Å². The molecule has 1 aromatic rings. The molecular formula is C14H18. The van der Waals surface area contributed by atoms with Crippen LogP contribution in [0.25, 0.3) is 0 Å². The van der Waals surface area contributed by atoms with Crippen LogP contribution in [0.15, 0.2) is 36.4 Å². The predicted octanol–water partition coefficient (Wildman–Crippen LogP) is 3.99. The maximum Gasteiger partial charge on any atom is -0.00379 e. The molecule has 14 heavy (non-hydrogen) atoms. The van der Waals surface area contributed by atoms with Gasteiger partial charge in [0.1, 0.15) is 0 Å². The average Bonchev–Trinajstić information content (AvgIpc) is 2.19.